The number of thiazole rings is 1. The highest BCUT2D eigenvalue weighted by atomic mass is 32.2. The molecule has 1 atom stereocenters. The molecule has 1 aliphatic rings. The smallest absolute Gasteiger partial charge is 0.114 e. The molecule has 0 radical (unpaired) electrons. The Hall–Kier alpha value is -0.0600. The van der Waals surface area contributed by atoms with Crippen LogP contribution in [0.5, 0.6) is 0 Å². The Kier molecular flexibility index (Phi) is 3.10. The first-order chi connectivity index (χ1) is 7.37. The molecule has 0 amide bonds. The first kappa shape index (κ1) is 12.4. The molecular formula is C12H20N2S2. The Balaban J connectivity index is 2.43. The van der Waals surface area contributed by atoms with Gasteiger partial charge in [-0.05, 0) is 31.4 Å². The zero-order chi connectivity index (χ0) is 12.0. The molecule has 1 unspecified atom stereocenters. The fourth-order valence-corrected chi connectivity index (χ4v) is 4.93. The van der Waals surface area contributed by atoms with Crippen LogP contribution in [0, 0.1) is 19.3 Å². The summed E-state index contributed by atoms with van der Waals surface area (Å²) in [6.45, 7) is 8.75. The Morgan fingerprint density at radius 2 is 2.00 bits per heavy atom. The molecule has 1 fully saturated rings. The van der Waals surface area contributed by atoms with Gasteiger partial charge in [-0.1, -0.05) is 13.8 Å². The van der Waals surface area contributed by atoms with Crippen molar-refractivity contribution in [1.82, 2.24) is 4.98 Å². The Morgan fingerprint density at radius 1 is 1.31 bits per heavy atom. The van der Waals surface area contributed by atoms with Crippen molar-refractivity contribution in [1.29, 1.82) is 0 Å². The Bertz CT molecular complexity index is 378. The Morgan fingerprint density at radius 3 is 2.50 bits per heavy atom. The highest BCUT2D eigenvalue weighted by molar-refractivity contribution is 7.99. The molecule has 2 heterocycles. The molecule has 2 rings (SSSR count). The average molecular weight is 256 g/mol. The molecule has 0 bridgehead atoms. The molecule has 0 saturated carbocycles. The van der Waals surface area contributed by atoms with Crippen molar-refractivity contribution in [3.8, 4) is 0 Å². The van der Waals surface area contributed by atoms with Crippen LogP contribution in [-0.2, 0) is 5.54 Å². The maximum absolute atomic E-state index is 6.67. The minimum Gasteiger partial charge on any atom is -0.318 e. The highest BCUT2D eigenvalue weighted by Gasteiger charge is 2.47. The molecule has 4 heteroatoms. The molecule has 16 heavy (non-hydrogen) atoms. The summed E-state index contributed by atoms with van der Waals surface area (Å²) in [7, 11) is 0. The van der Waals surface area contributed by atoms with Gasteiger partial charge in [0.15, 0.2) is 0 Å². The van der Waals surface area contributed by atoms with Crippen LogP contribution in [0.25, 0.3) is 0 Å². The number of nitrogens with two attached hydrogens (primary N) is 1. The second kappa shape index (κ2) is 4.00. The number of aromatic nitrogens is 1. The third-order valence-corrected chi connectivity index (χ3v) is 6.22. The molecule has 2 nitrogen and oxygen atoms in total. The fraction of sp³-hybridized carbons (Fsp3) is 0.750. The molecular weight excluding hydrogens is 236 g/mol. The number of aryl methyl sites for hydroxylation is 2. The van der Waals surface area contributed by atoms with Gasteiger partial charge < -0.3 is 5.73 Å². The van der Waals surface area contributed by atoms with Crippen molar-refractivity contribution in [3.05, 3.63) is 15.6 Å². The largest absolute Gasteiger partial charge is 0.318 e. The zero-order valence-corrected chi connectivity index (χ0v) is 12.1. The molecule has 2 N–H and O–H groups in total. The van der Waals surface area contributed by atoms with E-state index >= 15 is 0 Å². The van der Waals surface area contributed by atoms with Gasteiger partial charge in [-0.2, -0.15) is 11.8 Å². The van der Waals surface area contributed by atoms with E-state index in [1.807, 2.05) is 11.8 Å². The lowest BCUT2D eigenvalue weighted by atomic mass is 9.72. The maximum Gasteiger partial charge on any atom is 0.114 e. The first-order valence-electron chi connectivity index (χ1n) is 5.68. The van der Waals surface area contributed by atoms with Crippen LogP contribution in [0.15, 0.2) is 0 Å². The van der Waals surface area contributed by atoms with Crippen LogP contribution < -0.4 is 5.73 Å². The van der Waals surface area contributed by atoms with Gasteiger partial charge in [-0.3, -0.25) is 0 Å². The minimum atomic E-state index is -0.250. The van der Waals surface area contributed by atoms with E-state index in [4.69, 9.17) is 5.73 Å². The number of thioether (sulfide) groups is 1. The van der Waals surface area contributed by atoms with Gasteiger partial charge in [-0.25, -0.2) is 4.98 Å². The van der Waals surface area contributed by atoms with E-state index in [9.17, 15) is 0 Å². The van der Waals surface area contributed by atoms with E-state index in [2.05, 4.69) is 32.7 Å². The zero-order valence-electron chi connectivity index (χ0n) is 10.5. The SMILES string of the molecule is Cc1nc(C2(N)CSCCC2(C)C)sc1C. The van der Waals surface area contributed by atoms with Crippen molar-refractivity contribution in [2.24, 2.45) is 11.1 Å². The number of rotatable bonds is 1. The summed E-state index contributed by atoms with van der Waals surface area (Å²) in [6, 6.07) is 0. The summed E-state index contributed by atoms with van der Waals surface area (Å²) < 4.78 is 0. The van der Waals surface area contributed by atoms with Gasteiger partial charge in [0.2, 0.25) is 0 Å². The summed E-state index contributed by atoms with van der Waals surface area (Å²) in [4.78, 5) is 5.98. The van der Waals surface area contributed by atoms with Gasteiger partial charge in [-0.15, -0.1) is 11.3 Å². The normalized spacial score (nSPS) is 29.3. The maximum atomic E-state index is 6.67. The predicted octanol–water partition coefficient (Wildman–Crippen LogP) is 3.08. The lowest BCUT2D eigenvalue weighted by Gasteiger charge is -2.46. The lowest BCUT2D eigenvalue weighted by molar-refractivity contribution is 0.175. The van der Waals surface area contributed by atoms with E-state index in [0.717, 1.165) is 16.5 Å². The van der Waals surface area contributed by atoms with Crippen molar-refractivity contribution in [3.63, 3.8) is 0 Å². The quantitative estimate of drug-likeness (QED) is 0.839. The predicted molar refractivity (Wildman–Crippen MR) is 73.2 cm³/mol. The van der Waals surface area contributed by atoms with Gasteiger partial charge in [0.25, 0.3) is 0 Å². The van der Waals surface area contributed by atoms with E-state index in [1.165, 1.54) is 17.1 Å². The first-order valence-corrected chi connectivity index (χ1v) is 7.65. The number of hydrogen-bond acceptors (Lipinski definition) is 4. The average Bonchev–Trinajstić information content (AvgIpc) is 2.53. The summed E-state index contributed by atoms with van der Waals surface area (Å²) in [5.74, 6) is 2.21. The summed E-state index contributed by atoms with van der Waals surface area (Å²) >= 11 is 3.73. The van der Waals surface area contributed by atoms with Crippen molar-refractivity contribution in [2.75, 3.05) is 11.5 Å². The van der Waals surface area contributed by atoms with E-state index in [1.54, 1.807) is 11.3 Å². The van der Waals surface area contributed by atoms with E-state index in [0.29, 0.717) is 0 Å². The van der Waals surface area contributed by atoms with E-state index in [-0.39, 0.29) is 11.0 Å². The second-order valence-corrected chi connectivity index (χ2v) is 7.63. The second-order valence-electron chi connectivity index (χ2n) is 5.32. The van der Waals surface area contributed by atoms with Crippen LogP contribution in [0.3, 0.4) is 0 Å². The number of hydrogen-bond donors (Lipinski definition) is 1. The molecule has 1 saturated heterocycles. The fourth-order valence-electron chi connectivity index (χ4n) is 1.99. The summed E-state index contributed by atoms with van der Waals surface area (Å²) in [5, 5.41) is 1.12. The Labute approximate surface area is 106 Å². The van der Waals surface area contributed by atoms with Crippen molar-refractivity contribution >= 4 is 23.1 Å². The van der Waals surface area contributed by atoms with Crippen molar-refractivity contribution < 1.29 is 0 Å². The molecule has 1 aromatic heterocycles. The van der Waals surface area contributed by atoms with E-state index < -0.39 is 0 Å². The summed E-state index contributed by atoms with van der Waals surface area (Å²) in [5.41, 5.74) is 7.70. The van der Waals surface area contributed by atoms with Crippen molar-refractivity contribution in [2.45, 2.75) is 39.7 Å². The molecule has 0 aromatic carbocycles. The third kappa shape index (κ3) is 1.81. The van der Waals surface area contributed by atoms with Gasteiger partial charge >= 0.3 is 0 Å². The molecule has 0 spiro atoms. The van der Waals surface area contributed by atoms with Gasteiger partial charge in [0.1, 0.15) is 5.01 Å². The minimum absolute atomic E-state index is 0.148. The molecule has 1 aliphatic heterocycles. The van der Waals surface area contributed by atoms with Crippen LogP contribution in [0.4, 0.5) is 0 Å². The highest BCUT2D eigenvalue weighted by Crippen LogP contribution is 2.47. The molecule has 0 aliphatic carbocycles. The third-order valence-electron chi connectivity index (χ3n) is 3.82. The van der Waals surface area contributed by atoms with Gasteiger partial charge in [0, 0.05) is 10.6 Å². The lowest BCUT2D eigenvalue weighted by Crippen LogP contribution is -2.54. The van der Waals surface area contributed by atoms with Crippen LogP contribution in [0.1, 0.15) is 35.8 Å². The summed E-state index contributed by atoms with van der Waals surface area (Å²) in [6.07, 6.45) is 1.17. The van der Waals surface area contributed by atoms with Crippen LogP contribution in [-0.4, -0.2) is 16.5 Å². The molecule has 90 valence electrons. The van der Waals surface area contributed by atoms with Gasteiger partial charge in [0.05, 0.1) is 11.2 Å². The number of nitrogens with zero attached hydrogens (tertiary/aromatic N) is 1. The monoisotopic (exact) mass is 256 g/mol. The molecule has 1 aromatic rings. The van der Waals surface area contributed by atoms with Crippen LogP contribution in [0.2, 0.25) is 0 Å². The topological polar surface area (TPSA) is 38.9 Å². The van der Waals surface area contributed by atoms with Crippen LogP contribution >= 0.6 is 23.1 Å². The standard InChI is InChI=1S/C12H20N2S2/c1-8-9(2)16-10(14-8)12(13)7-15-6-5-11(12,3)4/h5-7,13H2,1-4H3.